The van der Waals surface area contributed by atoms with E-state index < -0.39 is 11.6 Å². The average Bonchev–Trinajstić information content (AvgIpc) is 3.08. The molecule has 3 rings (SSSR count). The SMILES string of the molecule is CCN(CC)CCN(C(=O)c1cc(Cl)cc(Cl)c1)c1nc2c(F)cc(F)cc2s1.Cl. The van der Waals surface area contributed by atoms with Crippen molar-refractivity contribution in [3.63, 3.8) is 0 Å². The van der Waals surface area contributed by atoms with E-state index in [9.17, 15) is 13.6 Å². The molecule has 0 N–H and O–H groups in total. The molecule has 0 aliphatic rings. The van der Waals surface area contributed by atoms with E-state index in [4.69, 9.17) is 23.2 Å². The second kappa shape index (κ2) is 10.7. The van der Waals surface area contributed by atoms with Gasteiger partial charge in [0.2, 0.25) is 0 Å². The van der Waals surface area contributed by atoms with Crippen LogP contribution in [0.2, 0.25) is 10.0 Å². The van der Waals surface area contributed by atoms with Crippen molar-refractivity contribution in [2.24, 2.45) is 0 Å². The van der Waals surface area contributed by atoms with Gasteiger partial charge >= 0.3 is 0 Å². The zero-order chi connectivity index (χ0) is 21.1. The maximum atomic E-state index is 14.1. The van der Waals surface area contributed by atoms with Gasteiger partial charge in [0, 0.05) is 34.8 Å². The number of thiazole rings is 1. The Labute approximate surface area is 193 Å². The average molecular weight is 495 g/mol. The summed E-state index contributed by atoms with van der Waals surface area (Å²) in [5, 5.41) is 0.960. The molecule has 1 amide bonds. The van der Waals surface area contributed by atoms with Crippen molar-refractivity contribution in [2.45, 2.75) is 13.8 Å². The molecule has 30 heavy (non-hydrogen) atoms. The highest BCUT2D eigenvalue weighted by molar-refractivity contribution is 7.22. The molecule has 3 aromatic rings. The Morgan fingerprint density at radius 1 is 1.03 bits per heavy atom. The minimum Gasteiger partial charge on any atom is -0.302 e. The zero-order valence-electron chi connectivity index (χ0n) is 16.3. The molecule has 4 nitrogen and oxygen atoms in total. The number of rotatable bonds is 7. The fraction of sp³-hybridized carbons (Fsp3) is 0.300. The smallest absolute Gasteiger partial charge is 0.260 e. The molecule has 10 heteroatoms. The van der Waals surface area contributed by atoms with Crippen LogP contribution in [0, 0.1) is 11.6 Å². The summed E-state index contributed by atoms with van der Waals surface area (Å²) in [5.74, 6) is -1.81. The summed E-state index contributed by atoms with van der Waals surface area (Å²) in [7, 11) is 0. The van der Waals surface area contributed by atoms with Crippen LogP contribution in [0.3, 0.4) is 0 Å². The molecule has 0 radical (unpaired) electrons. The third-order valence-electron chi connectivity index (χ3n) is 4.52. The lowest BCUT2D eigenvalue weighted by molar-refractivity contribution is 0.0983. The van der Waals surface area contributed by atoms with Crippen LogP contribution in [-0.4, -0.2) is 42.0 Å². The van der Waals surface area contributed by atoms with Crippen LogP contribution in [0.15, 0.2) is 30.3 Å². The van der Waals surface area contributed by atoms with E-state index in [-0.39, 0.29) is 29.0 Å². The predicted octanol–water partition coefficient (Wildman–Crippen LogP) is 6.29. The molecule has 0 unspecified atom stereocenters. The van der Waals surface area contributed by atoms with Crippen molar-refractivity contribution < 1.29 is 13.6 Å². The summed E-state index contributed by atoms with van der Waals surface area (Å²) in [6, 6.07) is 6.57. The number of carbonyl (C=O) groups excluding carboxylic acids is 1. The van der Waals surface area contributed by atoms with E-state index in [1.54, 1.807) is 0 Å². The van der Waals surface area contributed by atoms with E-state index in [1.165, 1.54) is 29.2 Å². The number of likely N-dealkylation sites (N-methyl/N-ethyl adjacent to an activating group) is 1. The van der Waals surface area contributed by atoms with Gasteiger partial charge < -0.3 is 4.90 Å². The number of benzene rings is 2. The van der Waals surface area contributed by atoms with Crippen molar-refractivity contribution in [1.29, 1.82) is 0 Å². The van der Waals surface area contributed by atoms with Crippen LogP contribution < -0.4 is 4.90 Å². The lowest BCUT2D eigenvalue weighted by Gasteiger charge is -2.24. The highest BCUT2D eigenvalue weighted by Crippen LogP contribution is 2.32. The van der Waals surface area contributed by atoms with Crippen molar-refractivity contribution in [3.8, 4) is 0 Å². The molecule has 0 aliphatic carbocycles. The maximum Gasteiger partial charge on any atom is 0.260 e. The summed E-state index contributed by atoms with van der Waals surface area (Å²) in [6.07, 6.45) is 0. The topological polar surface area (TPSA) is 36.4 Å². The molecule has 1 aromatic heterocycles. The van der Waals surface area contributed by atoms with Crippen molar-refractivity contribution in [2.75, 3.05) is 31.1 Å². The number of hydrogen-bond donors (Lipinski definition) is 0. The Morgan fingerprint density at radius 2 is 1.67 bits per heavy atom. The summed E-state index contributed by atoms with van der Waals surface area (Å²) < 4.78 is 28.1. The molecule has 0 atom stereocenters. The first-order chi connectivity index (χ1) is 13.8. The van der Waals surface area contributed by atoms with E-state index >= 15 is 0 Å². The van der Waals surface area contributed by atoms with Gasteiger partial charge in [-0.1, -0.05) is 48.4 Å². The lowest BCUT2D eigenvalue weighted by Crippen LogP contribution is -2.38. The van der Waals surface area contributed by atoms with Gasteiger partial charge in [0.15, 0.2) is 10.9 Å². The summed E-state index contributed by atoms with van der Waals surface area (Å²) in [5.41, 5.74) is 0.337. The van der Waals surface area contributed by atoms with Crippen LogP contribution in [-0.2, 0) is 0 Å². The Bertz CT molecular complexity index is 1020. The second-order valence-electron chi connectivity index (χ2n) is 6.37. The molecule has 0 aliphatic heterocycles. The third kappa shape index (κ3) is 5.59. The number of fused-ring (bicyclic) bond motifs is 1. The molecular weight excluding hydrogens is 475 g/mol. The number of halogens is 5. The van der Waals surface area contributed by atoms with Gasteiger partial charge in [-0.15, -0.1) is 12.4 Å². The number of hydrogen-bond acceptors (Lipinski definition) is 4. The Kier molecular flexibility index (Phi) is 8.82. The van der Waals surface area contributed by atoms with E-state index in [0.29, 0.717) is 33.4 Å². The molecule has 0 bridgehead atoms. The number of nitrogens with zero attached hydrogens (tertiary/aromatic N) is 3. The molecular formula is C20H20Cl3F2N3OS. The Hall–Kier alpha value is -1.51. The fourth-order valence-corrected chi connectivity index (χ4v) is 4.51. The second-order valence-corrected chi connectivity index (χ2v) is 8.25. The van der Waals surface area contributed by atoms with Crippen LogP contribution in [0.1, 0.15) is 24.2 Å². The molecule has 1 heterocycles. The number of carbonyl (C=O) groups is 1. The van der Waals surface area contributed by atoms with Crippen molar-refractivity contribution >= 4 is 68.2 Å². The lowest BCUT2D eigenvalue weighted by atomic mass is 10.2. The van der Waals surface area contributed by atoms with Crippen LogP contribution in [0.4, 0.5) is 13.9 Å². The first kappa shape index (κ1) is 24.8. The minimum absolute atomic E-state index is 0. The van der Waals surface area contributed by atoms with Crippen LogP contribution in [0.25, 0.3) is 10.2 Å². The third-order valence-corrected chi connectivity index (χ3v) is 5.98. The van der Waals surface area contributed by atoms with Gasteiger partial charge in [0.1, 0.15) is 11.3 Å². The van der Waals surface area contributed by atoms with Crippen molar-refractivity contribution in [3.05, 3.63) is 57.6 Å². The van der Waals surface area contributed by atoms with Gasteiger partial charge in [0.25, 0.3) is 5.91 Å². The number of anilines is 1. The highest BCUT2D eigenvalue weighted by atomic mass is 35.5. The van der Waals surface area contributed by atoms with Gasteiger partial charge in [-0.2, -0.15) is 0 Å². The number of aromatic nitrogens is 1. The zero-order valence-corrected chi connectivity index (χ0v) is 19.4. The van der Waals surface area contributed by atoms with Crippen LogP contribution in [0.5, 0.6) is 0 Å². The molecule has 0 spiro atoms. The monoisotopic (exact) mass is 493 g/mol. The van der Waals surface area contributed by atoms with Gasteiger partial charge in [-0.25, -0.2) is 13.8 Å². The van der Waals surface area contributed by atoms with Gasteiger partial charge in [-0.3, -0.25) is 9.69 Å². The summed E-state index contributed by atoms with van der Waals surface area (Å²) >= 11 is 13.2. The quantitative estimate of drug-likeness (QED) is 0.387. The summed E-state index contributed by atoms with van der Waals surface area (Å²) in [6.45, 7) is 6.63. The Morgan fingerprint density at radius 3 is 2.27 bits per heavy atom. The predicted molar refractivity (Wildman–Crippen MR) is 123 cm³/mol. The van der Waals surface area contributed by atoms with Gasteiger partial charge in [-0.05, 0) is 37.4 Å². The summed E-state index contributed by atoms with van der Waals surface area (Å²) in [4.78, 5) is 21.1. The standard InChI is InChI=1S/C20H19Cl2F2N3OS.ClH/c1-3-26(4-2)5-6-27(19(28)12-7-13(21)9-14(22)8-12)20-25-18-16(24)10-15(23)11-17(18)29-20;/h7-11H,3-6H2,1-2H3;1H. The number of amides is 1. The molecule has 162 valence electrons. The van der Waals surface area contributed by atoms with Crippen molar-refractivity contribution in [1.82, 2.24) is 9.88 Å². The molecule has 2 aromatic carbocycles. The fourth-order valence-electron chi connectivity index (χ4n) is 2.96. The Balaban J connectivity index is 0.00000320. The molecule has 0 fully saturated rings. The minimum atomic E-state index is -0.760. The normalized spacial score (nSPS) is 11.0. The molecule has 0 saturated heterocycles. The highest BCUT2D eigenvalue weighted by Gasteiger charge is 2.23. The largest absolute Gasteiger partial charge is 0.302 e. The maximum absolute atomic E-state index is 14.1. The first-order valence-electron chi connectivity index (χ1n) is 9.08. The van der Waals surface area contributed by atoms with Crippen LogP contribution >= 0.6 is 46.9 Å². The van der Waals surface area contributed by atoms with E-state index in [0.717, 1.165) is 30.5 Å². The molecule has 0 saturated carbocycles. The first-order valence-corrected chi connectivity index (χ1v) is 10.7. The van der Waals surface area contributed by atoms with Gasteiger partial charge in [0.05, 0.1) is 4.70 Å². The van der Waals surface area contributed by atoms with E-state index in [2.05, 4.69) is 9.88 Å². The van der Waals surface area contributed by atoms with E-state index in [1.807, 2.05) is 13.8 Å².